The number of amides is 1. The van der Waals surface area contributed by atoms with Gasteiger partial charge in [-0.25, -0.2) is 9.18 Å². The van der Waals surface area contributed by atoms with Crippen LogP contribution in [0.25, 0.3) is 0 Å². The summed E-state index contributed by atoms with van der Waals surface area (Å²) < 4.78 is 20.3. The standard InChI is InChI=1S/C19H23FN2O2/c1-17(2,3)24-16(23)22-15-8-18(9-15)11-19(20,12-18)14-6-4-13(10-21)5-7-14/h4-7,15H,8-9,11-12H2,1-3H3,(H,22,23). The molecule has 0 saturated heterocycles. The molecule has 5 heteroatoms. The van der Waals surface area contributed by atoms with E-state index in [9.17, 15) is 4.79 Å². The highest BCUT2D eigenvalue weighted by Crippen LogP contribution is 2.65. The van der Waals surface area contributed by atoms with Crippen LogP contribution in [0.4, 0.5) is 9.18 Å². The average molecular weight is 330 g/mol. The Morgan fingerprint density at radius 3 is 2.38 bits per heavy atom. The van der Waals surface area contributed by atoms with Crippen LogP contribution >= 0.6 is 0 Å². The Morgan fingerprint density at radius 2 is 1.88 bits per heavy atom. The van der Waals surface area contributed by atoms with Crippen molar-refractivity contribution in [3.8, 4) is 6.07 Å². The lowest BCUT2D eigenvalue weighted by Gasteiger charge is -2.60. The second-order valence-electron chi connectivity index (χ2n) is 8.26. The highest BCUT2D eigenvalue weighted by Gasteiger charge is 2.61. The van der Waals surface area contributed by atoms with Gasteiger partial charge in [0.05, 0.1) is 11.6 Å². The maximum Gasteiger partial charge on any atom is 0.407 e. The van der Waals surface area contributed by atoms with Crippen molar-refractivity contribution in [2.24, 2.45) is 5.41 Å². The van der Waals surface area contributed by atoms with Crippen LogP contribution in [0.15, 0.2) is 24.3 Å². The summed E-state index contributed by atoms with van der Waals surface area (Å²) in [5.41, 5.74) is -0.615. The van der Waals surface area contributed by atoms with Gasteiger partial charge in [0, 0.05) is 6.04 Å². The Hall–Kier alpha value is -2.09. The number of hydrogen-bond donors (Lipinski definition) is 1. The van der Waals surface area contributed by atoms with Gasteiger partial charge in [0.25, 0.3) is 0 Å². The second kappa shape index (κ2) is 5.47. The van der Waals surface area contributed by atoms with Crippen molar-refractivity contribution < 1.29 is 13.9 Å². The zero-order valence-electron chi connectivity index (χ0n) is 14.4. The van der Waals surface area contributed by atoms with Crippen LogP contribution in [0.2, 0.25) is 0 Å². The van der Waals surface area contributed by atoms with E-state index in [-0.39, 0.29) is 11.5 Å². The molecule has 0 unspecified atom stereocenters. The van der Waals surface area contributed by atoms with Crippen molar-refractivity contribution in [3.63, 3.8) is 0 Å². The molecule has 0 radical (unpaired) electrons. The molecule has 2 saturated carbocycles. The van der Waals surface area contributed by atoms with Gasteiger partial charge in [0.2, 0.25) is 0 Å². The number of benzene rings is 1. The van der Waals surface area contributed by atoms with Crippen LogP contribution in [0.5, 0.6) is 0 Å². The third-order valence-electron chi connectivity index (χ3n) is 4.92. The summed E-state index contributed by atoms with van der Waals surface area (Å²) >= 11 is 0. The quantitative estimate of drug-likeness (QED) is 0.884. The predicted molar refractivity (Wildman–Crippen MR) is 88.0 cm³/mol. The molecule has 128 valence electrons. The lowest BCUT2D eigenvalue weighted by molar-refractivity contribution is -0.132. The summed E-state index contributed by atoms with van der Waals surface area (Å²) in [4.78, 5) is 11.8. The monoisotopic (exact) mass is 330 g/mol. The molecule has 24 heavy (non-hydrogen) atoms. The molecule has 4 nitrogen and oxygen atoms in total. The summed E-state index contributed by atoms with van der Waals surface area (Å²) in [7, 11) is 0. The van der Waals surface area contributed by atoms with E-state index in [0.717, 1.165) is 12.8 Å². The maximum atomic E-state index is 15.0. The number of hydrogen-bond acceptors (Lipinski definition) is 3. The van der Waals surface area contributed by atoms with E-state index >= 15 is 4.39 Å². The van der Waals surface area contributed by atoms with Crippen molar-refractivity contribution in [1.29, 1.82) is 5.26 Å². The fourth-order valence-electron chi connectivity index (χ4n) is 4.04. The minimum atomic E-state index is -1.30. The summed E-state index contributed by atoms with van der Waals surface area (Å²) in [6.07, 6.45) is 2.17. The fourth-order valence-corrected chi connectivity index (χ4v) is 4.04. The topological polar surface area (TPSA) is 62.1 Å². The molecule has 0 bridgehead atoms. The van der Waals surface area contributed by atoms with E-state index < -0.39 is 17.4 Å². The van der Waals surface area contributed by atoms with Gasteiger partial charge in [-0.15, -0.1) is 0 Å². The van der Waals surface area contributed by atoms with Gasteiger partial charge in [-0.3, -0.25) is 0 Å². The molecule has 3 rings (SSSR count). The van der Waals surface area contributed by atoms with Crippen molar-refractivity contribution in [3.05, 3.63) is 35.4 Å². The van der Waals surface area contributed by atoms with E-state index in [1.54, 1.807) is 24.3 Å². The highest BCUT2D eigenvalue weighted by atomic mass is 19.1. The van der Waals surface area contributed by atoms with Crippen molar-refractivity contribution in [1.82, 2.24) is 5.32 Å². The first kappa shape index (κ1) is 16.8. The Bertz CT molecular complexity index is 671. The van der Waals surface area contributed by atoms with E-state index in [2.05, 4.69) is 5.32 Å². The van der Waals surface area contributed by atoms with E-state index in [1.165, 1.54) is 0 Å². The van der Waals surface area contributed by atoms with E-state index in [1.807, 2.05) is 26.8 Å². The van der Waals surface area contributed by atoms with Crippen LogP contribution in [0.3, 0.4) is 0 Å². The third-order valence-corrected chi connectivity index (χ3v) is 4.92. The fraction of sp³-hybridized carbons (Fsp3) is 0.579. The third kappa shape index (κ3) is 3.24. The molecule has 0 aliphatic heterocycles. The summed E-state index contributed by atoms with van der Waals surface area (Å²) in [6, 6.07) is 8.86. The van der Waals surface area contributed by atoms with Gasteiger partial charge in [-0.05, 0) is 69.6 Å². The number of nitrogens with one attached hydrogen (secondary N) is 1. The number of alkyl carbamates (subject to hydrolysis) is 1. The Morgan fingerprint density at radius 1 is 1.29 bits per heavy atom. The van der Waals surface area contributed by atoms with E-state index in [4.69, 9.17) is 10.00 Å². The number of rotatable bonds is 2. The van der Waals surface area contributed by atoms with Crippen LogP contribution in [-0.4, -0.2) is 17.7 Å². The zero-order chi connectivity index (χ0) is 17.6. The summed E-state index contributed by atoms with van der Waals surface area (Å²) in [5.74, 6) is 0. The molecule has 0 aromatic heterocycles. The molecule has 0 heterocycles. The normalized spacial score (nSPS) is 31.5. The molecular formula is C19H23FN2O2. The summed E-state index contributed by atoms with van der Waals surface area (Å²) in [6.45, 7) is 5.49. The number of nitriles is 1. The number of ether oxygens (including phenoxy) is 1. The number of alkyl halides is 1. The Kier molecular flexibility index (Phi) is 3.82. The Balaban J connectivity index is 1.50. The minimum absolute atomic E-state index is 0.00231. The first-order valence-corrected chi connectivity index (χ1v) is 8.32. The SMILES string of the molecule is CC(C)(C)OC(=O)NC1CC2(C1)CC(F)(c1ccc(C#N)cc1)C2. The van der Waals surface area contributed by atoms with Gasteiger partial charge in [0.15, 0.2) is 0 Å². The van der Waals surface area contributed by atoms with Crippen LogP contribution in [0.1, 0.15) is 57.6 Å². The van der Waals surface area contributed by atoms with Gasteiger partial charge in [-0.1, -0.05) is 12.1 Å². The highest BCUT2D eigenvalue weighted by molar-refractivity contribution is 5.68. The molecule has 1 amide bonds. The van der Waals surface area contributed by atoms with Gasteiger partial charge >= 0.3 is 6.09 Å². The molecule has 2 aliphatic rings. The Labute approximate surface area is 142 Å². The van der Waals surface area contributed by atoms with Crippen molar-refractivity contribution in [2.45, 2.75) is 63.8 Å². The molecule has 1 spiro atoms. The van der Waals surface area contributed by atoms with Crippen LogP contribution in [-0.2, 0) is 10.4 Å². The first-order valence-electron chi connectivity index (χ1n) is 8.32. The van der Waals surface area contributed by atoms with Crippen LogP contribution in [0, 0.1) is 16.7 Å². The molecule has 0 atom stereocenters. The number of carbonyl (C=O) groups excluding carboxylic acids is 1. The largest absolute Gasteiger partial charge is 0.444 e. The van der Waals surface area contributed by atoms with Crippen molar-refractivity contribution >= 4 is 6.09 Å². The smallest absolute Gasteiger partial charge is 0.407 e. The van der Waals surface area contributed by atoms with Crippen molar-refractivity contribution in [2.75, 3.05) is 0 Å². The number of halogens is 1. The van der Waals surface area contributed by atoms with Gasteiger partial charge < -0.3 is 10.1 Å². The molecule has 1 aromatic carbocycles. The lowest BCUT2D eigenvalue weighted by atomic mass is 9.47. The zero-order valence-corrected chi connectivity index (χ0v) is 14.4. The first-order chi connectivity index (χ1) is 11.1. The molecule has 1 aromatic rings. The number of nitrogens with zero attached hydrogens (tertiary/aromatic N) is 1. The average Bonchev–Trinajstić information content (AvgIpc) is 2.41. The molecule has 1 N–H and O–H groups in total. The molecule has 2 aliphatic carbocycles. The summed E-state index contributed by atoms with van der Waals surface area (Å²) in [5, 5.41) is 11.7. The second-order valence-corrected chi connectivity index (χ2v) is 8.26. The van der Waals surface area contributed by atoms with Crippen LogP contribution < -0.4 is 5.32 Å². The van der Waals surface area contributed by atoms with Gasteiger partial charge in [0.1, 0.15) is 11.3 Å². The molecule has 2 fully saturated rings. The van der Waals surface area contributed by atoms with E-state index in [0.29, 0.717) is 24.0 Å². The van der Waals surface area contributed by atoms with Gasteiger partial charge in [-0.2, -0.15) is 5.26 Å². The number of carbonyl (C=O) groups is 1. The minimum Gasteiger partial charge on any atom is -0.444 e. The predicted octanol–water partition coefficient (Wildman–Crippen LogP) is 4.19. The maximum absolute atomic E-state index is 15.0. The molecular weight excluding hydrogens is 307 g/mol. The lowest BCUT2D eigenvalue weighted by Crippen LogP contribution is -2.60.